The van der Waals surface area contributed by atoms with Crippen molar-refractivity contribution in [3.63, 3.8) is 0 Å². The van der Waals surface area contributed by atoms with E-state index in [1.165, 1.54) is 4.90 Å². The lowest BCUT2D eigenvalue weighted by molar-refractivity contribution is -0.140. The van der Waals surface area contributed by atoms with Crippen molar-refractivity contribution in [2.45, 2.75) is 52.4 Å². The van der Waals surface area contributed by atoms with Crippen LogP contribution in [0, 0.1) is 6.92 Å². The van der Waals surface area contributed by atoms with Crippen LogP contribution in [0.3, 0.4) is 0 Å². The molecule has 1 atom stereocenters. The fraction of sp³-hybridized carbons (Fsp3) is 0.278. The van der Waals surface area contributed by atoms with Gasteiger partial charge in [-0.25, -0.2) is 8.42 Å². The number of carbonyl (C=O) groups excluding carboxylic acids is 2. The largest absolute Gasteiger partial charge is 0.489 e. The summed E-state index contributed by atoms with van der Waals surface area (Å²) in [5.41, 5.74) is 4.04. The number of carbonyl (C=O) groups is 2. The van der Waals surface area contributed by atoms with Gasteiger partial charge in [-0.3, -0.25) is 13.9 Å². The number of ether oxygens (including phenoxy) is 1. The Balaban J connectivity index is 1.65. The quantitative estimate of drug-likeness (QED) is 0.199. The van der Waals surface area contributed by atoms with Gasteiger partial charge in [0.25, 0.3) is 0 Å². The molecule has 4 aromatic carbocycles. The van der Waals surface area contributed by atoms with Gasteiger partial charge in [-0.2, -0.15) is 0 Å². The Morgan fingerprint density at radius 1 is 0.800 bits per heavy atom. The lowest BCUT2D eigenvalue weighted by Crippen LogP contribution is -2.54. The molecule has 45 heavy (non-hydrogen) atoms. The molecule has 0 saturated carbocycles. The molecule has 236 valence electrons. The fourth-order valence-corrected chi connectivity index (χ4v) is 5.82. The highest BCUT2D eigenvalue weighted by Crippen LogP contribution is 2.24. The average molecular weight is 628 g/mol. The van der Waals surface area contributed by atoms with E-state index < -0.39 is 28.5 Å². The second kappa shape index (κ2) is 15.4. The van der Waals surface area contributed by atoms with Crippen LogP contribution in [-0.4, -0.2) is 50.0 Å². The van der Waals surface area contributed by atoms with Crippen LogP contribution in [0.4, 0.5) is 5.69 Å². The van der Waals surface area contributed by atoms with Gasteiger partial charge in [0.2, 0.25) is 21.8 Å². The minimum absolute atomic E-state index is 0.137. The van der Waals surface area contributed by atoms with E-state index in [-0.39, 0.29) is 24.9 Å². The van der Waals surface area contributed by atoms with Crippen LogP contribution >= 0.6 is 0 Å². The van der Waals surface area contributed by atoms with Crippen LogP contribution in [-0.2, 0) is 39.2 Å². The molecular weight excluding hydrogens is 586 g/mol. The van der Waals surface area contributed by atoms with Gasteiger partial charge < -0.3 is 15.0 Å². The number of hydrogen-bond donors (Lipinski definition) is 1. The van der Waals surface area contributed by atoms with E-state index >= 15 is 0 Å². The van der Waals surface area contributed by atoms with Crippen LogP contribution in [0.2, 0.25) is 0 Å². The lowest BCUT2D eigenvalue weighted by atomic mass is 10.0. The van der Waals surface area contributed by atoms with Gasteiger partial charge >= 0.3 is 0 Å². The molecule has 9 heteroatoms. The number of nitrogens with one attached hydrogen (secondary N) is 1. The maximum atomic E-state index is 14.3. The van der Waals surface area contributed by atoms with Crippen LogP contribution in [0.15, 0.2) is 109 Å². The maximum Gasteiger partial charge on any atom is 0.244 e. The highest BCUT2D eigenvalue weighted by Gasteiger charge is 2.33. The zero-order valence-electron chi connectivity index (χ0n) is 26.2. The number of rotatable bonds is 14. The van der Waals surface area contributed by atoms with Crippen LogP contribution < -0.4 is 14.4 Å². The van der Waals surface area contributed by atoms with Gasteiger partial charge in [0.15, 0.2) is 0 Å². The lowest BCUT2D eigenvalue weighted by Gasteiger charge is -2.34. The van der Waals surface area contributed by atoms with Gasteiger partial charge in [-0.05, 0) is 67.3 Å². The topological polar surface area (TPSA) is 96.0 Å². The first-order valence-corrected chi connectivity index (χ1v) is 16.8. The fourth-order valence-electron chi connectivity index (χ4n) is 4.97. The second-order valence-corrected chi connectivity index (χ2v) is 13.3. The number of amides is 2. The Labute approximate surface area is 266 Å². The average Bonchev–Trinajstić information content (AvgIpc) is 3.01. The Hall–Kier alpha value is -4.63. The second-order valence-electron chi connectivity index (χ2n) is 11.4. The van der Waals surface area contributed by atoms with E-state index in [0.29, 0.717) is 18.0 Å². The molecule has 4 aromatic rings. The van der Waals surface area contributed by atoms with Gasteiger partial charge in [0.05, 0.1) is 11.9 Å². The summed E-state index contributed by atoms with van der Waals surface area (Å²) in [5.74, 6) is -0.230. The van der Waals surface area contributed by atoms with E-state index in [1.807, 2.05) is 106 Å². The summed E-state index contributed by atoms with van der Waals surface area (Å²) >= 11 is 0. The molecule has 8 nitrogen and oxygen atoms in total. The van der Waals surface area contributed by atoms with Gasteiger partial charge in [0.1, 0.15) is 24.9 Å². The van der Waals surface area contributed by atoms with Crippen molar-refractivity contribution in [3.8, 4) is 5.75 Å². The summed E-state index contributed by atoms with van der Waals surface area (Å²) in [6.07, 6.45) is 1.34. The monoisotopic (exact) mass is 627 g/mol. The van der Waals surface area contributed by atoms with Gasteiger partial charge in [0, 0.05) is 19.0 Å². The summed E-state index contributed by atoms with van der Waals surface area (Å²) in [7, 11) is -3.88. The first-order chi connectivity index (χ1) is 21.5. The molecule has 0 heterocycles. The van der Waals surface area contributed by atoms with Crippen molar-refractivity contribution >= 4 is 27.5 Å². The third-order valence-electron chi connectivity index (χ3n) is 7.36. The molecule has 4 rings (SSSR count). The highest BCUT2D eigenvalue weighted by atomic mass is 32.2. The molecule has 0 spiro atoms. The molecule has 0 bridgehead atoms. The predicted octanol–water partition coefficient (Wildman–Crippen LogP) is 5.50. The number of nitrogens with zero attached hydrogens (tertiary/aromatic N) is 2. The Bertz CT molecular complexity index is 1660. The summed E-state index contributed by atoms with van der Waals surface area (Å²) in [6.45, 7) is 5.70. The third-order valence-corrected chi connectivity index (χ3v) is 8.50. The minimum Gasteiger partial charge on any atom is -0.489 e. The maximum absolute atomic E-state index is 14.3. The highest BCUT2D eigenvalue weighted by molar-refractivity contribution is 7.92. The SMILES string of the molecule is Cc1ccccc1CN(C(=O)CN(c1ccc(OCc2ccccc2)cc1)S(C)(=O)=O)[C@@H](Cc1ccccc1)C(=O)NC(C)C. The molecule has 0 aliphatic heterocycles. The number of aryl methyl sites for hydroxylation is 1. The van der Waals surface area contributed by atoms with E-state index in [4.69, 9.17) is 4.74 Å². The van der Waals surface area contributed by atoms with Crippen molar-refractivity contribution in [3.05, 3.63) is 131 Å². The van der Waals surface area contributed by atoms with Crippen molar-refractivity contribution in [1.29, 1.82) is 0 Å². The van der Waals surface area contributed by atoms with Crippen molar-refractivity contribution in [2.75, 3.05) is 17.1 Å². The minimum atomic E-state index is -3.88. The molecule has 2 amide bonds. The Kier molecular flexibility index (Phi) is 11.4. The van der Waals surface area contributed by atoms with Crippen LogP contribution in [0.1, 0.15) is 36.1 Å². The summed E-state index contributed by atoms with van der Waals surface area (Å²) in [4.78, 5) is 29.4. The normalized spacial score (nSPS) is 11.9. The van der Waals surface area contributed by atoms with E-state index in [2.05, 4.69) is 5.32 Å². The predicted molar refractivity (Wildman–Crippen MR) is 178 cm³/mol. The zero-order valence-corrected chi connectivity index (χ0v) is 27.0. The number of hydrogen-bond acceptors (Lipinski definition) is 5. The molecule has 0 aliphatic carbocycles. The van der Waals surface area contributed by atoms with E-state index in [9.17, 15) is 18.0 Å². The zero-order chi connectivity index (χ0) is 32.4. The first-order valence-electron chi connectivity index (χ1n) is 14.9. The Morgan fingerprint density at radius 3 is 1.96 bits per heavy atom. The van der Waals surface area contributed by atoms with Crippen LogP contribution in [0.25, 0.3) is 0 Å². The summed E-state index contributed by atoms with van der Waals surface area (Å²) in [6, 6.07) is 32.4. The van der Waals surface area contributed by atoms with Gasteiger partial charge in [-0.1, -0.05) is 84.9 Å². The van der Waals surface area contributed by atoms with Crippen molar-refractivity contribution in [2.24, 2.45) is 0 Å². The molecule has 1 N–H and O–H groups in total. The summed E-state index contributed by atoms with van der Waals surface area (Å²) < 4.78 is 33.1. The van der Waals surface area contributed by atoms with Gasteiger partial charge in [-0.15, -0.1) is 0 Å². The molecule has 0 fully saturated rings. The van der Waals surface area contributed by atoms with E-state index in [0.717, 1.165) is 32.8 Å². The van der Waals surface area contributed by atoms with Crippen molar-refractivity contribution < 1.29 is 22.7 Å². The Morgan fingerprint density at radius 2 is 1.38 bits per heavy atom. The number of anilines is 1. The summed E-state index contributed by atoms with van der Waals surface area (Å²) in [5, 5.41) is 2.97. The molecule has 0 radical (unpaired) electrons. The standard InChI is InChI=1S/C36H41N3O5S/c1-27(2)37-36(41)34(23-29-14-7-5-8-15-29)38(24-31-18-12-11-13-28(31)3)35(40)25-39(45(4,42)43)32-19-21-33(22-20-32)44-26-30-16-9-6-10-17-30/h5-22,27,34H,23-26H2,1-4H3,(H,37,41)/t34-/m0/s1. The third kappa shape index (κ3) is 9.68. The van der Waals surface area contributed by atoms with Crippen LogP contribution in [0.5, 0.6) is 5.75 Å². The van der Waals surface area contributed by atoms with E-state index in [1.54, 1.807) is 24.3 Å². The molecule has 0 unspecified atom stereocenters. The first kappa shape index (κ1) is 33.3. The molecule has 0 aliphatic rings. The number of benzene rings is 4. The van der Waals surface area contributed by atoms with Crippen molar-refractivity contribution in [1.82, 2.24) is 10.2 Å². The smallest absolute Gasteiger partial charge is 0.244 e. The molecular formula is C36H41N3O5S. The molecule has 0 saturated heterocycles. The molecule has 0 aromatic heterocycles. The number of sulfonamides is 1.